The minimum atomic E-state index is -3.49. The fourth-order valence-corrected chi connectivity index (χ4v) is 4.98. The SMILES string of the molecule is CNCC1CCN(S(=O)(=O)c2ccc(OC)c3ccccc23)C1. The van der Waals surface area contributed by atoms with Crippen LogP contribution < -0.4 is 10.1 Å². The predicted molar refractivity (Wildman–Crippen MR) is 91.3 cm³/mol. The maximum atomic E-state index is 13.1. The van der Waals surface area contributed by atoms with E-state index in [2.05, 4.69) is 5.32 Å². The second kappa shape index (κ2) is 6.47. The summed E-state index contributed by atoms with van der Waals surface area (Å²) in [4.78, 5) is 0.360. The van der Waals surface area contributed by atoms with Crippen molar-refractivity contribution in [3.8, 4) is 5.75 Å². The molecule has 3 rings (SSSR count). The Hall–Kier alpha value is -1.63. The molecular formula is C17H22N2O3S. The zero-order chi connectivity index (χ0) is 16.4. The zero-order valence-electron chi connectivity index (χ0n) is 13.5. The van der Waals surface area contributed by atoms with Crippen LogP contribution in [-0.4, -0.2) is 46.5 Å². The Morgan fingerprint density at radius 2 is 1.96 bits per heavy atom. The Kier molecular flexibility index (Phi) is 4.57. The standard InChI is InChI=1S/C17H22N2O3S/c1-18-11-13-9-10-19(12-13)23(20,21)17-8-7-16(22-2)14-5-3-4-6-15(14)17/h3-8,13,18H,9-12H2,1-2H3. The van der Waals surface area contributed by atoms with Gasteiger partial charge in [0.25, 0.3) is 0 Å². The Balaban J connectivity index is 2.03. The van der Waals surface area contributed by atoms with Gasteiger partial charge in [0.2, 0.25) is 10.0 Å². The number of ether oxygens (including phenoxy) is 1. The van der Waals surface area contributed by atoms with Gasteiger partial charge >= 0.3 is 0 Å². The van der Waals surface area contributed by atoms with Gasteiger partial charge in [0.15, 0.2) is 0 Å². The molecule has 2 aromatic carbocycles. The van der Waals surface area contributed by atoms with Crippen LogP contribution >= 0.6 is 0 Å². The van der Waals surface area contributed by atoms with Gasteiger partial charge in [-0.3, -0.25) is 0 Å². The molecule has 0 spiro atoms. The van der Waals surface area contributed by atoms with Crippen molar-refractivity contribution in [1.82, 2.24) is 9.62 Å². The molecule has 1 unspecified atom stereocenters. The Bertz CT molecular complexity index is 805. The van der Waals surface area contributed by atoms with Gasteiger partial charge in [-0.25, -0.2) is 8.42 Å². The predicted octanol–water partition coefficient (Wildman–Crippen LogP) is 2.08. The molecule has 1 atom stereocenters. The average molecular weight is 334 g/mol. The first-order valence-corrected chi connectivity index (χ1v) is 9.22. The van der Waals surface area contributed by atoms with E-state index in [1.54, 1.807) is 23.5 Å². The summed E-state index contributed by atoms with van der Waals surface area (Å²) in [5.41, 5.74) is 0. The van der Waals surface area contributed by atoms with Crippen LogP contribution in [0.1, 0.15) is 6.42 Å². The van der Waals surface area contributed by atoms with Crippen molar-refractivity contribution in [2.24, 2.45) is 5.92 Å². The molecule has 0 amide bonds. The van der Waals surface area contributed by atoms with Crippen molar-refractivity contribution >= 4 is 20.8 Å². The minimum absolute atomic E-state index is 0.360. The molecule has 5 nitrogen and oxygen atoms in total. The van der Waals surface area contributed by atoms with Gasteiger partial charge in [-0.15, -0.1) is 0 Å². The van der Waals surface area contributed by atoms with Crippen LogP contribution in [0.2, 0.25) is 0 Å². The molecule has 124 valence electrons. The van der Waals surface area contributed by atoms with Crippen LogP contribution in [0.15, 0.2) is 41.3 Å². The average Bonchev–Trinajstić information content (AvgIpc) is 3.03. The van der Waals surface area contributed by atoms with E-state index < -0.39 is 10.0 Å². The molecule has 23 heavy (non-hydrogen) atoms. The van der Waals surface area contributed by atoms with Crippen molar-refractivity contribution < 1.29 is 13.2 Å². The van der Waals surface area contributed by atoms with Crippen LogP contribution in [-0.2, 0) is 10.0 Å². The lowest BCUT2D eigenvalue weighted by atomic mass is 10.1. The highest BCUT2D eigenvalue weighted by molar-refractivity contribution is 7.89. The second-order valence-electron chi connectivity index (χ2n) is 5.89. The highest BCUT2D eigenvalue weighted by Crippen LogP contribution is 2.33. The molecule has 0 aromatic heterocycles. The van der Waals surface area contributed by atoms with Crippen LogP contribution in [0.5, 0.6) is 5.75 Å². The first-order valence-electron chi connectivity index (χ1n) is 7.78. The molecule has 0 aliphatic carbocycles. The summed E-state index contributed by atoms with van der Waals surface area (Å²) in [6.45, 7) is 1.99. The molecule has 1 N–H and O–H groups in total. The molecule has 1 heterocycles. The molecule has 0 bridgehead atoms. The minimum Gasteiger partial charge on any atom is -0.496 e. The number of methoxy groups -OCH3 is 1. The van der Waals surface area contributed by atoms with Crippen LogP contribution in [0, 0.1) is 5.92 Å². The first kappa shape index (κ1) is 16.2. The van der Waals surface area contributed by atoms with Gasteiger partial charge in [-0.2, -0.15) is 4.31 Å². The van der Waals surface area contributed by atoms with Crippen molar-refractivity contribution in [3.05, 3.63) is 36.4 Å². The fourth-order valence-electron chi connectivity index (χ4n) is 3.26. The van der Waals surface area contributed by atoms with E-state index in [9.17, 15) is 8.42 Å². The van der Waals surface area contributed by atoms with Gasteiger partial charge < -0.3 is 10.1 Å². The zero-order valence-corrected chi connectivity index (χ0v) is 14.3. The summed E-state index contributed by atoms with van der Waals surface area (Å²) >= 11 is 0. The van der Waals surface area contributed by atoms with Crippen LogP contribution in [0.25, 0.3) is 10.8 Å². The number of hydrogen-bond donors (Lipinski definition) is 1. The van der Waals surface area contributed by atoms with Gasteiger partial charge in [-0.1, -0.05) is 24.3 Å². The van der Waals surface area contributed by atoms with E-state index in [-0.39, 0.29) is 0 Å². The van der Waals surface area contributed by atoms with Gasteiger partial charge in [0.05, 0.1) is 12.0 Å². The van der Waals surface area contributed by atoms with Crippen molar-refractivity contribution in [1.29, 1.82) is 0 Å². The lowest BCUT2D eigenvalue weighted by Crippen LogP contribution is -2.30. The smallest absolute Gasteiger partial charge is 0.243 e. The van der Waals surface area contributed by atoms with E-state index in [1.807, 2.05) is 31.3 Å². The Morgan fingerprint density at radius 3 is 2.65 bits per heavy atom. The quantitative estimate of drug-likeness (QED) is 0.909. The lowest BCUT2D eigenvalue weighted by Gasteiger charge is -2.18. The molecule has 1 aliphatic heterocycles. The third-order valence-corrected chi connectivity index (χ3v) is 6.35. The number of fused-ring (bicyclic) bond motifs is 1. The summed E-state index contributed by atoms with van der Waals surface area (Å²) in [6.07, 6.45) is 0.897. The lowest BCUT2D eigenvalue weighted by molar-refractivity contribution is 0.419. The molecule has 6 heteroatoms. The maximum Gasteiger partial charge on any atom is 0.243 e. The summed E-state index contributed by atoms with van der Waals surface area (Å²) in [5, 5.41) is 4.66. The molecule has 0 radical (unpaired) electrons. The van der Waals surface area contributed by atoms with Gasteiger partial charge in [-0.05, 0) is 38.1 Å². The van der Waals surface area contributed by atoms with Crippen LogP contribution in [0.3, 0.4) is 0 Å². The number of nitrogens with zero attached hydrogens (tertiary/aromatic N) is 1. The number of benzene rings is 2. The number of hydrogen-bond acceptors (Lipinski definition) is 4. The van der Waals surface area contributed by atoms with Crippen molar-refractivity contribution in [2.75, 3.05) is 33.8 Å². The van der Waals surface area contributed by atoms with E-state index in [0.717, 1.165) is 18.4 Å². The van der Waals surface area contributed by atoms with E-state index in [1.165, 1.54) is 0 Å². The third-order valence-electron chi connectivity index (χ3n) is 4.42. The molecular weight excluding hydrogens is 312 g/mol. The first-order chi connectivity index (χ1) is 11.1. The summed E-state index contributed by atoms with van der Waals surface area (Å²) in [6, 6.07) is 10.9. The Morgan fingerprint density at radius 1 is 1.22 bits per heavy atom. The molecule has 1 saturated heterocycles. The molecule has 2 aromatic rings. The van der Waals surface area contributed by atoms with Gasteiger partial charge in [0.1, 0.15) is 5.75 Å². The molecule has 0 saturated carbocycles. The number of nitrogens with one attached hydrogen (secondary N) is 1. The Labute approximate surface area is 137 Å². The normalized spacial score (nSPS) is 19.3. The third kappa shape index (κ3) is 2.94. The van der Waals surface area contributed by atoms with Crippen molar-refractivity contribution in [2.45, 2.75) is 11.3 Å². The van der Waals surface area contributed by atoms with Crippen LogP contribution in [0.4, 0.5) is 0 Å². The maximum absolute atomic E-state index is 13.1. The second-order valence-corrected chi connectivity index (χ2v) is 7.79. The highest BCUT2D eigenvalue weighted by Gasteiger charge is 2.33. The van der Waals surface area contributed by atoms with E-state index >= 15 is 0 Å². The monoisotopic (exact) mass is 334 g/mol. The van der Waals surface area contributed by atoms with E-state index in [4.69, 9.17) is 4.74 Å². The van der Waals surface area contributed by atoms with Crippen molar-refractivity contribution in [3.63, 3.8) is 0 Å². The summed E-state index contributed by atoms with van der Waals surface area (Å²) < 4.78 is 33.1. The fraction of sp³-hybridized carbons (Fsp3) is 0.412. The van der Waals surface area contributed by atoms with Gasteiger partial charge in [0, 0.05) is 23.9 Å². The summed E-state index contributed by atoms with van der Waals surface area (Å²) in [7, 11) is 0.00145. The topological polar surface area (TPSA) is 58.6 Å². The number of sulfonamides is 1. The number of rotatable bonds is 5. The molecule has 1 fully saturated rings. The largest absolute Gasteiger partial charge is 0.496 e. The highest BCUT2D eigenvalue weighted by atomic mass is 32.2. The molecule has 1 aliphatic rings. The summed E-state index contributed by atoms with van der Waals surface area (Å²) in [5.74, 6) is 1.06. The van der Waals surface area contributed by atoms with E-state index in [0.29, 0.717) is 35.0 Å².